The highest BCUT2D eigenvalue weighted by Crippen LogP contribution is 2.25. The minimum Gasteiger partial charge on any atom is -0.339 e. The number of aryl methyl sites for hydroxylation is 1. The second kappa shape index (κ2) is 5.36. The Morgan fingerprint density at radius 3 is 2.75 bits per heavy atom. The van der Waals surface area contributed by atoms with Crippen LogP contribution in [0.5, 0.6) is 0 Å². The van der Waals surface area contributed by atoms with Gasteiger partial charge in [0.05, 0.1) is 15.4 Å². The van der Waals surface area contributed by atoms with Gasteiger partial charge in [0, 0.05) is 24.0 Å². The molecule has 0 bridgehead atoms. The van der Waals surface area contributed by atoms with Gasteiger partial charge in [-0.2, -0.15) is 9.35 Å². The molecule has 2 aromatic rings. The maximum atomic E-state index is 12.6. The number of hydrogen-bond acceptors (Lipinski definition) is 5. The number of aromatic nitrogens is 2. The molecule has 6 heteroatoms. The Morgan fingerprint density at radius 1 is 1.25 bits per heavy atom. The second-order valence-corrected chi connectivity index (χ2v) is 7.56. The molecule has 3 rings (SSSR count). The Balaban J connectivity index is 1.95. The van der Waals surface area contributed by atoms with E-state index < -0.39 is 9.73 Å². The highest BCUT2D eigenvalue weighted by atomic mass is 32.2. The molecule has 106 valence electrons. The lowest BCUT2D eigenvalue weighted by Crippen LogP contribution is -2.15. The van der Waals surface area contributed by atoms with Crippen molar-refractivity contribution in [2.75, 3.05) is 11.5 Å². The fourth-order valence-electron chi connectivity index (χ4n) is 2.34. The molecule has 1 saturated heterocycles. The predicted octanol–water partition coefficient (Wildman–Crippen LogP) is 3.33. The molecule has 20 heavy (non-hydrogen) atoms. The summed E-state index contributed by atoms with van der Waals surface area (Å²) in [6, 6.07) is 7.52. The minimum atomic E-state index is -2.08. The normalized spacial score (nSPS) is 17.9. The third kappa shape index (κ3) is 2.90. The van der Waals surface area contributed by atoms with Crippen LogP contribution in [0.25, 0.3) is 11.4 Å². The highest BCUT2D eigenvalue weighted by molar-refractivity contribution is 7.93. The van der Waals surface area contributed by atoms with Gasteiger partial charge in [-0.25, -0.2) is 4.21 Å². The van der Waals surface area contributed by atoms with Gasteiger partial charge in [-0.3, -0.25) is 0 Å². The quantitative estimate of drug-likeness (QED) is 0.851. The molecule has 2 heterocycles. The highest BCUT2D eigenvalue weighted by Gasteiger charge is 2.14. The summed E-state index contributed by atoms with van der Waals surface area (Å²) in [5.74, 6) is 2.48. The Labute approximate surface area is 118 Å². The molecule has 0 atom stereocenters. The van der Waals surface area contributed by atoms with Gasteiger partial charge in [0.15, 0.2) is 0 Å². The molecule has 0 spiro atoms. The SMILES string of the molecule is Cc1nc(-c2cccc(N=S3(=O)CCCCC3)c2)no1. The number of nitrogens with zero attached hydrogens (tertiary/aromatic N) is 3. The molecule has 0 saturated carbocycles. The van der Waals surface area contributed by atoms with Crippen LogP contribution in [0, 0.1) is 6.92 Å². The van der Waals surface area contributed by atoms with Crippen LogP contribution in [-0.4, -0.2) is 25.9 Å². The van der Waals surface area contributed by atoms with Gasteiger partial charge in [-0.1, -0.05) is 23.7 Å². The van der Waals surface area contributed by atoms with Gasteiger partial charge >= 0.3 is 0 Å². The second-order valence-electron chi connectivity index (χ2n) is 5.02. The van der Waals surface area contributed by atoms with Gasteiger partial charge in [-0.15, -0.1) is 0 Å². The van der Waals surface area contributed by atoms with Crippen molar-refractivity contribution in [3.8, 4) is 11.4 Å². The van der Waals surface area contributed by atoms with Crippen LogP contribution in [-0.2, 0) is 9.73 Å². The van der Waals surface area contributed by atoms with Crippen molar-refractivity contribution in [3.05, 3.63) is 30.2 Å². The summed E-state index contributed by atoms with van der Waals surface area (Å²) in [5.41, 5.74) is 1.57. The molecule has 1 aliphatic rings. The fraction of sp³-hybridized carbons (Fsp3) is 0.429. The van der Waals surface area contributed by atoms with Gasteiger partial charge in [0.25, 0.3) is 0 Å². The zero-order valence-electron chi connectivity index (χ0n) is 11.4. The van der Waals surface area contributed by atoms with E-state index in [1.807, 2.05) is 24.3 Å². The van der Waals surface area contributed by atoms with Gasteiger partial charge in [-0.05, 0) is 25.0 Å². The van der Waals surface area contributed by atoms with E-state index in [1.165, 1.54) is 0 Å². The van der Waals surface area contributed by atoms with E-state index in [-0.39, 0.29) is 0 Å². The van der Waals surface area contributed by atoms with Crippen LogP contribution >= 0.6 is 0 Å². The molecular formula is C14H17N3O2S. The molecule has 5 nitrogen and oxygen atoms in total. The van der Waals surface area contributed by atoms with Crippen molar-refractivity contribution < 1.29 is 8.73 Å². The summed E-state index contributed by atoms with van der Waals surface area (Å²) in [6.45, 7) is 1.75. The summed E-state index contributed by atoms with van der Waals surface area (Å²) in [7, 11) is -2.08. The standard InChI is InChI=1S/C14H17N3O2S/c1-11-15-14(16-19-11)12-6-5-7-13(10-12)17-20(18)8-3-2-4-9-20/h5-7,10H,2-4,8-9H2,1H3. The average molecular weight is 291 g/mol. The van der Waals surface area contributed by atoms with Crippen LogP contribution in [0.2, 0.25) is 0 Å². The van der Waals surface area contributed by atoms with Gasteiger partial charge in [0.1, 0.15) is 0 Å². The first-order valence-corrected chi connectivity index (χ1v) is 8.63. The van der Waals surface area contributed by atoms with Gasteiger partial charge in [0.2, 0.25) is 11.7 Å². The van der Waals surface area contributed by atoms with E-state index in [9.17, 15) is 4.21 Å². The summed E-state index contributed by atoms with van der Waals surface area (Å²) < 4.78 is 22.1. The summed E-state index contributed by atoms with van der Waals surface area (Å²) in [5, 5.41) is 3.89. The first-order chi connectivity index (χ1) is 9.65. The Bertz CT molecular complexity index is 718. The molecule has 1 fully saturated rings. The Kier molecular flexibility index (Phi) is 3.56. The molecule has 0 aliphatic carbocycles. The smallest absolute Gasteiger partial charge is 0.223 e. The average Bonchev–Trinajstić information content (AvgIpc) is 2.86. The van der Waals surface area contributed by atoms with Crippen molar-refractivity contribution in [1.29, 1.82) is 0 Å². The summed E-state index contributed by atoms with van der Waals surface area (Å²) >= 11 is 0. The predicted molar refractivity (Wildman–Crippen MR) is 78.3 cm³/mol. The summed E-state index contributed by atoms with van der Waals surface area (Å²) in [4.78, 5) is 4.20. The lowest BCUT2D eigenvalue weighted by atomic mass is 10.2. The van der Waals surface area contributed by atoms with E-state index in [0.29, 0.717) is 23.2 Å². The molecule has 1 aromatic heterocycles. The van der Waals surface area contributed by atoms with E-state index in [2.05, 4.69) is 14.5 Å². The van der Waals surface area contributed by atoms with Crippen LogP contribution in [0.3, 0.4) is 0 Å². The third-order valence-corrected chi connectivity index (χ3v) is 5.73. The zero-order chi connectivity index (χ0) is 14.0. The van der Waals surface area contributed by atoms with E-state index in [4.69, 9.17) is 4.52 Å². The zero-order valence-corrected chi connectivity index (χ0v) is 12.2. The number of hydrogen-bond donors (Lipinski definition) is 0. The molecular weight excluding hydrogens is 274 g/mol. The number of benzene rings is 1. The minimum absolute atomic E-state index is 0.528. The molecule has 0 radical (unpaired) electrons. The van der Waals surface area contributed by atoms with E-state index in [0.717, 1.165) is 30.5 Å². The van der Waals surface area contributed by atoms with Crippen molar-refractivity contribution in [3.63, 3.8) is 0 Å². The number of rotatable bonds is 2. The first-order valence-electron chi connectivity index (χ1n) is 6.78. The van der Waals surface area contributed by atoms with E-state index >= 15 is 0 Å². The van der Waals surface area contributed by atoms with Crippen LogP contribution in [0.4, 0.5) is 5.69 Å². The summed E-state index contributed by atoms with van der Waals surface area (Å²) in [6.07, 6.45) is 3.17. The molecule has 0 N–H and O–H groups in total. The third-order valence-electron chi connectivity index (χ3n) is 3.33. The molecule has 1 aromatic carbocycles. The van der Waals surface area contributed by atoms with Crippen molar-refractivity contribution in [2.45, 2.75) is 26.2 Å². The maximum Gasteiger partial charge on any atom is 0.223 e. The molecule has 1 aliphatic heterocycles. The van der Waals surface area contributed by atoms with Crippen molar-refractivity contribution in [1.82, 2.24) is 10.1 Å². The van der Waals surface area contributed by atoms with Crippen molar-refractivity contribution in [2.24, 2.45) is 4.36 Å². The first kappa shape index (κ1) is 13.3. The fourth-order valence-corrected chi connectivity index (χ4v) is 4.53. The lowest BCUT2D eigenvalue weighted by molar-refractivity contribution is 0.394. The van der Waals surface area contributed by atoms with Gasteiger partial charge < -0.3 is 4.52 Å². The lowest BCUT2D eigenvalue weighted by Gasteiger charge is -2.15. The largest absolute Gasteiger partial charge is 0.339 e. The Morgan fingerprint density at radius 2 is 2.05 bits per heavy atom. The van der Waals surface area contributed by atoms with E-state index in [1.54, 1.807) is 6.92 Å². The monoisotopic (exact) mass is 291 g/mol. The molecule has 0 amide bonds. The van der Waals surface area contributed by atoms with Crippen molar-refractivity contribution >= 4 is 15.4 Å². The topological polar surface area (TPSA) is 68.3 Å². The molecule has 0 unspecified atom stereocenters. The Hall–Kier alpha value is -1.69. The van der Waals surface area contributed by atoms with Crippen LogP contribution < -0.4 is 0 Å². The van der Waals surface area contributed by atoms with Crippen LogP contribution in [0.15, 0.2) is 33.2 Å². The maximum absolute atomic E-state index is 12.6. The van der Waals surface area contributed by atoms with Crippen LogP contribution in [0.1, 0.15) is 25.2 Å².